The zero-order chi connectivity index (χ0) is 13.7. The molecule has 1 saturated carbocycles. The van der Waals surface area contributed by atoms with Crippen LogP contribution in [-0.4, -0.2) is 21.1 Å². The Hall–Kier alpha value is -1.07. The van der Waals surface area contributed by atoms with Gasteiger partial charge < -0.3 is 4.74 Å². The van der Waals surface area contributed by atoms with Crippen LogP contribution in [0.4, 0.5) is 0 Å². The van der Waals surface area contributed by atoms with Crippen molar-refractivity contribution < 1.29 is 13.2 Å². The molecule has 0 atom stereocenters. The van der Waals surface area contributed by atoms with Gasteiger partial charge in [0.1, 0.15) is 5.75 Å². The van der Waals surface area contributed by atoms with Crippen molar-refractivity contribution in [2.45, 2.75) is 50.0 Å². The van der Waals surface area contributed by atoms with E-state index in [4.69, 9.17) is 4.74 Å². The monoisotopic (exact) mass is 283 g/mol. The largest absolute Gasteiger partial charge is 0.494 e. The Kier molecular flexibility index (Phi) is 4.82. The van der Waals surface area contributed by atoms with Crippen LogP contribution < -0.4 is 9.46 Å². The van der Waals surface area contributed by atoms with E-state index in [1.165, 1.54) is 0 Å². The van der Waals surface area contributed by atoms with Gasteiger partial charge in [-0.25, -0.2) is 13.1 Å². The van der Waals surface area contributed by atoms with Gasteiger partial charge in [0.05, 0.1) is 11.5 Å². The van der Waals surface area contributed by atoms with Crippen LogP contribution in [0.3, 0.4) is 0 Å². The fourth-order valence-electron chi connectivity index (χ4n) is 2.27. The maximum absolute atomic E-state index is 12.2. The lowest BCUT2D eigenvalue weighted by Crippen LogP contribution is -2.32. The average Bonchev–Trinajstić information content (AvgIpc) is 2.89. The van der Waals surface area contributed by atoms with Crippen molar-refractivity contribution in [2.75, 3.05) is 6.61 Å². The summed E-state index contributed by atoms with van der Waals surface area (Å²) < 4.78 is 32.5. The van der Waals surface area contributed by atoms with Crippen LogP contribution in [0.2, 0.25) is 0 Å². The van der Waals surface area contributed by atoms with E-state index in [2.05, 4.69) is 4.72 Å². The Labute approximate surface area is 115 Å². The first-order valence-electron chi connectivity index (χ1n) is 6.87. The summed E-state index contributed by atoms with van der Waals surface area (Å²) in [5, 5.41) is 0. The van der Waals surface area contributed by atoms with E-state index in [1.54, 1.807) is 24.3 Å². The van der Waals surface area contributed by atoms with Crippen molar-refractivity contribution in [1.82, 2.24) is 4.72 Å². The predicted molar refractivity (Wildman–Crippen MR) is 74.8 cm³/mol. The van der Waals surface area contributed by atoms with Crippen LogP contribution in [0.1, 0.15) is 39.0 Å². The van der Waals surface area contributed by atoms with Crippen LogP contribution in [0.15, 0.2) is 29.2 Å². The second-order valence-corrected chi connectivity index (χ2v) is 6.64. The first-order valence-corrected chi connectivity index (χ1v) is 8.35. The molecule has 1 fully saturated rings. The molecule has 1 aliphatic rings. The molecule has 1 N–H and O–H groups in total. The second kappa shape index (κ2) is 6.39. The molecule has 0 aliphatic heterocycles. The third-order valence-corrected chi connectivity index (χ3v) is 4.82. The van der Waals surface area contributed by atoms with E-state index >= 15 is 0 Å². The molecule has 0 spiro atoms. The summed E-state index contributed by atoms with van der Waals surface area (Å²) in [6.45, 7) is 2.68. The average molecular weight is 283 g/mol. The third kappa shape index (κ3) is 3.94. The number of hydrogen-bond donors (Lipinski definition) is 1. The first kappa shape index (κ1) is 14.3. The molecule has 0 aromatic heterocycles. The number of hydrogen-bond acceptors (Lipinski definition) is 3. The van der Waals surface area contributed by atoms with Gasteiger partial charge in [-0.05, 0) is 43.5 Å². The Balaban J connectivity index is 2.03. The van der Waals surface area contributed by atoms with E-state index in [9.17, 15) is 8.42 Å². The molecule has 0 heterocycles. The highest BCUT2D eigenvalue weighted by atomic mass is 32.2. The Bertz CT molecular complexity index is 490. The van der Waals surface area contributed by atoms with E-state index in [0.29, 0.717) is 17.3 Å². The van der Waals surface area contributed by atoms with Gasteiger partial charge in [0.25, 0.3) is 0 Å². The highest BCUT2D eigenvalue weighted by Crippen LogP contribution is 2.21. The molecular weight excluding hydrogens is 262 g/mol. The summed E-state index contributed by atoms with van der Waals surface area (Å²) in [5.41, 5.74) is 0. The molecule has 5 heteroatoms. The molecule has 1 aromatic carbocycles. The second-order valence-electron chi connectivity index (χ2n) is 4.92. The highest BCUT2D eigenvalue weighted by molar-refractivity contribution is 7.89. The van der Waals surface area contributed by atoms with Gasteiger partial charge in [0.2, 0.25) is 10.0 Å². The van der Waals surface area contributed by atoms with Crippen molar-refractivity contribution in [2.24, 2.45) is 0 Å². The molecule has 0 amide bonds. The van der Waals surface area contributed by atoms with Crippen LogP contribution in [0.5, 0.6) is 5.75 Å². The summed E-state index contributed by atoms with van der Waals surface area (Å²) >= 11 is 0. The summed E-state index contributed by atoms with van der Waals surface area (Å²) in [5.74, 6) is 0.710. The molecule has 0 radical (unpaired) electrons. The molecule has 106 valence electrons. The molecule has 1 aromatic rings. The molecule has 0 saturated heterocycles. The molecule has 19 heavy (non-hydrogen) atoms. The maximum atomic E-state index is 12.2. The van der Waals surface area contributed by atoms with Gasteiger partial charge in [-0.3, -0.25) is 0 Å². The van der Waals surface area contributed by atoms with Crippen LogP contribution in [0, 0.1) is 0 Å². The fourth-order valence-corrected chi connectivity index (χ4v) is 3.57. The molecule has 0 unspecified atom stereocenters. The van der Waals surface area contributed by atoms with Crippen molar-refractivity contribution >= 4 is 10.0 Å². The lowest BCUT2D eigenvalue weighted by Gasteiger charge is -2.13. The van der Waals surface area contributed by atoms with Crippen LogP contribution >= 0.6 is 0 Å². The van der Waals surface area contributed by atoms with E-state index in [-0.39, 0.29) is 6.04 Å². The zero-order valence-corrected chi connectivity index (χ0v) is 12.1. The van der Waals surface area contributed by atoms with Crippen LogP contribution in [0.25, 0.3) is 0 Å². The summed E-state index contributed by atoms with van der Waals surface area (Å²) in [6, 6.07) is 6.71. The van der Waals surface area contributed by atoms with Crippen molar-refractivity contribution in [3.63, 3.8) is 0 Å². The minimum atomic E-state index is -3.39. The van der Waals surface area contributed by atoms with Crippen molar-refractivity contribution in [3.8, 4) is 5.75 Å². The minimum absolute atomic E-state index is 0.0982. The number of benzene rings is 1. The smallest absolute Gasteiger partial charge is 0.240 e. The lowest BCUT2D eigenvalue weighted by atomic mass is 10.3. The van der Waals surface area contributed by atoms with Gasteiger partial charge >= 0.3 is 0 Å². The SMILES string of the molecule is CCCOc1ccc(S(=O)(=O)NC2CCCC2)cc1. The molecule has 1 aliphatic carbocycles. The Morgan fingerprint density at radius 3 is 2.42 bits per heavy atom. The molecule has 4 nitrogen and oxygen atoms in total. The number of ether oxygens (including phenoxy) is 1. The van der Waals surface area contributed by atoms with E-state index in [1.807, 2.05) is 6.92 Å². The molecule has 2 rings (SSSR count). The van der Waals surface area contributed by atoms with Gasteiger partial charge in [-0.15, -0.1) is 0 Å². The van der Waals surface area contributed by atoms with E-state index < -0.39 is 10.0 Å². The first-order chi connectivity index (χ1) is 9.12. The Morgan fingerprint density at radius 2 is 1.84 bits per heavy atom. The maximum Gasteiger partial charge on any atom is 0.240 e. The number of rotatable bonds is 6. The fraction of sp³-hybridized carbons (Fsp3) is 0.571. The summed E-state index contributed by atoms with van der Waals surface area (Å²) in [4.78, 5) is 0.309. The van der Waals surface area contributed by atoms with Gasteiger partial charge in [0.15, 0.2) is 0 Å². The summed E-state index contributed by atoms with van der Waals surface area (Å²) in [7, 11) is -3.39. The Morgan fingerprint density at radius 1 is 1.21 bits per heavy atom. The van der Waals surface area contributed by atoms with Gasteiger partial charge in [0, 0.05) is 6.04 Å². The normalized spacial score (nSPS) is 16.7. The predicted octanol–water partition coefficient (Wildman–Crippen LogP) is 2.70. The minimum Gasteiger partial charge on any atom is -0.494 e. The zero-order valence-electron chi connectivity index (χ0n) is 11.3. The lowest BCUT2D eigenvalue weighted by molar-refractivity contribution is 0.317. The van der Waals surface area contributed by atoms with Crippen molar-refractivity contribution in [3.05, 3.63) is 24.3 Å². The van der Waals surface area contributed by atoms with E-state index in [0.717, 1.165) is 32.1 Å². The summed E-state index contributed by atoms with van der Waals surface area (Å²) in [6.07, 6.45) is 5.03. The topological polar surface area (TPSA) is 55.4 Å². The third-order valence-electron chi connectivity index (χ3n) is 3.28. The quantitative estimate of drug-likeness (QED) is 0.873. The standard InChI is InChI=1S/C14H21NO3S/c1-2-11-18-13-7-9-14(10-8-13)19(16,17)15-12-5-3-4-6-12/h7-10,12,15H,2-6,11H2,1H3. The molecule has 0 bridgehead atoms. The van der Waals surface area contributed by atoms with Gasteiger partial charge in [-0.1, -0.05) is 19.8 Å². The number of nitrogens with one attached hydrogen (secondary N) is 1. The highest BCUT2D eigenvalue weighted by Gasteiger charge is 2.22. The number of sulfonamides is 1. The van der Waals surface area contributed by atoms with Crippen LogP contribution in [-0.2, 0) is 10.0 Å². The van der Waals surface area contributed by atoms with Gasteiger partial charge in [-0.2, -0.15) is 0 Å². The molecular formula is C14H21NO3S. The van der Waals surface area contributed by atoms with Crippen molar-refractivity contribution in [1.29, 1.82) is 0 Å².